The molecular formula is C24H25N3O2S. The number of benzene rings is 3. The number of carbonyl (C=O) groups is 1. The number of anilines is 4. The quantitative estimate of drug-likeness (QED) is 0.576. The minimum absolute atomic E-state index is 0.0596. The maximum absolute atomic E-state index is 13.6. The Morgan fingerprint density at radius 1 is 0.800 bits per heavy atom. The second kappa shape index (κ2) is 7.95. The molecule has 1 aliphatic heterocycles. The molecule has 0 aromatic heterocycles. The van der Waals surface area contributed by atoms with Crippen LogP contribution in [-0.4, -0.2) is 41.2 Å². The average Bonchev–Trinajstić information content (AvgIpc) is 2.76. The molecule has 5 nitrogen and oxygen atoms in total. The van der Waals surface area contributed by atoms with Gasteiger partial charge < -0.3 is 14.5 Å². The fourth-order valence-corrected chi connectivity index (χ4v) is 4.55. The topological polar surface area (TPSA) is 36.0 Å². The molecule has 0 bridgehead atoms. The van der Waals surface area contributed by atoms with E-state index in [4.69, 9.17) is 4.74 Å². The smallest absolute Gasteiger partial charge is 0.262 e. The van der Waals surface area contributed by atoms with Crippen molar-refractivity contribution >= 4 is 40.4 Å². The number of nitrogens with zero attached hydrogens (tertiary/aromatic N) is 3. The Morgan fingerprint density at radius 2 is 1.30 bits per heavy atom. The van der Waals surface area contributed by atoms with Gasteiger partial charge in [-0.15, -0.1) is 0 Å². The second-order valence-electron chi connectivity index (χ2n) is 7.56. The Hall–Kier alpha value is -3.12. The lowest BCUT2D eigenvalue weighted by molar-refractivity contribution is 0.0998. The number of methoxy groups -OCH3 is 1. The van der Waals surface area contributed by atoms with E-state index < -0.39 is 0 Å². The van der Waals surface area contributed by atoms with Crippen LogP contribution in [-0.2, 0) is 0 Å². The molecule has 0 fully saturated rings. The van der Waals surface area contributed by atoms with Crippen molar-refractivity contribution in [3.8, 4) is 5.75 Å². The standard InChI is InChI=1S/C24H25N3O2S/c1-25(2)17-8-12-20-22(14-17)30-23-15-18(26(3)4)9-13-21(23)27(20)24(28)16-6-10-19(29-5)11-7-16/h6-15H,1-5H3. The molecule has 0 N–H and O–H groups in total. The summed E-state index contributed by atoms with van der Waals surface area (Å²) in [5.74, 6) is 0.670. The van der Waals surface area contributed by atoms with Crippen LogP contribution in [0.2, 0.25) is 0 Å². The highest BCUT2D eigenvalue weighted by Gasteiger charge is 2.30. The summed E-state index contributed by atoms with van der Waals surface area (Å²) in [5.41, 5.74) is 4.62. The number of rotatable bonds is 4. The van der Waals surface area contributed by atoms with Gasteiger partial charge in [0.1, 0.15) is 5.75 Å². The van der Waals surface area contributed by atoms with Gasteiger partial charge in [-0.1, -0.05) is 11.8 Å². The lowest BCUT2D eigenvalue weighted by Crippen LogP contribution is -2.28. The maximum Gasteiger partial charge on any atom is 0.262 e. The van der Waals surface area contributed by atoms with Gasteiger partial charge in [-0.3, -0.25) is 9.69 Å². The Balaban J connectivity index is 1.85. The molecule has 30 heavy (non-hydrogen) atoms. The third-order valence-electron chi connectivity index (χ3n) is 5.16. The summed E-state index contributed by atoms with van der Waals surface area (Å²) in [4.78, 5) is 21.7. The van der Waals surface area contributed by atoms with E-state index in [1.165, 1.54) is 0 Å². The van der Waals surface area contributed by atoms with E-state index in [0.717, 1.165) is 38.3 Å². The monoisotopic (exact) mass is 419 g/mol. The van der Waals surface area contributed by atoms with Gasteiger partial charge >= 0.3 is 0 Å². The van der Waals surface area contributed by atoms with Crippen LogP contribution in [0.25, 0.3) is 0 Å². The molecule has 0 saturated carbocycles. The number of amides is 1. The first-order chi connectivity index (χ1) is 14.4. The summed E-state index contributed by atoms with van der Waals surface area (Å²) in [6.45, 7) is 0. The van der Waals surface area contributed by atoms with Crippen LogP contribution in [0.3, 0.4) is 0 Å². The molecule has 0 radical (unpaired) electrons. The predicted molar refractivity (Wildman–Crippen MR) is 125 cm³/mol. The normalized spacial score (nSPS) is 12.1. The van der Waals surface area contributed by atoms with E-state index in [1.54, 1.807) is 18.9 Å². The minimum Gasteiger partial charge on any atom is -0.497 e. The Labute approximate surface area is 181 Å². The van der Waals surface area contributed by atoms with Crippen molar-refractivity contribution in [1.82, 2.24) is 0 Å². The molecular weight excluding hydrogens is 394 g/mol. The number of ether oxygens (including phenoxy) is 1. The van der Waals surface area contributed by atoms with Gasteiger partial charge in [-0.2, -0.15) is 0 Å². The molecule has 0 unspecified atom stereocenters. The molecule has 154 valence electrons. The molecule has 6 heteroatoms. The zero-order valence-electron chi connectivity index (χ0n) is 17.8. The first-order valence-electron chi connectivity index (χ1n) is 9.68. The molecule has 1 aliphatic rings. The second-order valence-corrected chi connectivity index (χ2v) is 8.65. The summed E-state index contributed by atoms with van der Waals surface area (Å²) in [5, 5.41) is 0. The molecule has 1 heterocycles. The maximum atomic E-state index is 13.6. The van der Waals surface area contributed by atoms with Crippen molar-refractivity contribution in [3.63, 3.8) is 0 Å². The first kappa shape index (κ1) is 20.2. The van der Waals surface area contributed by atoms with E-state index in [1.807, 2.05) is 81.6 Å². The molecule has 0 atom stereocenters. The van der Waals surface area contributed by atoms with Crippen LogP contribution in [0.1, 0.15) is 10.4 Å². The van der Waals surface area contributed by atoms with Gasteiger partial charge in [0.05, 0.1) is 18.5 Å². The lowest BCUT2D eigenvalue weighted by atomic mass is 10.1. The number of hydrogen-bond donors (Lipinski definition) is 0. The molecule has 4 rings (SSSR count). The average molecular weight is 420 g/mol. The molecule has 1 amide bonds. The van der Waals surface area contributed by atoms with Crippen molar-refractivity contribution in [1.29, 1.82) is 0 Å². The Morgan fingerprint density at radius 3 is 1.73 bits per heavy atom. The summed E-state index contributed by atoms with van der Waals surface area (Å²) in [6, 6.07) is 19.7. The molecule has 0 spiro atoms. The minimum atomic E-state index is -0.0596. The van der Waals surface area contributed by atoms with Gasteiger partial charge in [0.25, 0.3) is 5.91 Å². The van der Waals surface area contributed by atoms with Crippen LogP contribution in [0.4, 0.5) is 22.7 Å². The van der Waals surface area contributed by atoms with Gasteiger partial charge in [-0.25, -0.2) is 0 Å². The van der Waals surface area contributed by atoms with E-state index in [2.05, 4.69) is 21.9 Å². The third-order valence-corrected chi connectivity index (χ3v) is 6.26. The SMILES string of the molecule is COc1ccc(C(=O)N2c3ccc(N(C)C)cc3Sc3cc(N(C)C)ccc32)cc1. The largest absolute Gasteiger partial charge is 0.497 e. The molecule has 0 aliphatic carbocycles. The summed E-state index contributed by atoms with van der Waals surface area (Å²) in [7, 11) is 9.71. The van der Waals surface area contributed by atoms with Crippen LogP contribution in [0.15, 0.2) is 70.5 Å². The first-order valence-corrected chi connectivity index (χ1v) is 10.5. The Kier molecular flexibility index (Phi) is 5.35. The van der Waals surface area contributed by atoms with Crippen LogP contribution in [0.5, 0.6) is 5.75 Å². The molecule has 3 aromatic carbocycles. The van der Waals surface area contributed by atoms with Gasteiger partial charge in [0.15, 0.2) is 0 Å². The van der Waals surface area contributed by atoms with Gasteiger partial charge in [0.2, 0.25) is 0 Å². The number of hydrogen-bond acceptors (Lipinski definition) is 5. The highest BCUT2D eigenvalue weighted by Crippen LogP contribution is 2.50. The van der Waals surface area contributed by atoms with Gasteiger partial charge in [-0.05, 0) is 60.7 Å². The van der Waals surface area contributed by atoms with Crippen molar-refractivity contribution < 1.29 is 9.53 Å². The van der Waals surface area contributed by atoms with Crippen molar-refractivity contribution in [3.05, 3.63) is 66.2 Å². The number of fused-ring (bicyclic) bond motifs is 2. The lowest BCUT2D eigenvalue weighted by Gasteiger charge is -2.32. The van der Waals surface area contributed by atoms with Crippen molar-refractivity contribution in [2.45, 2.75) is 9.79 Å². The summed E-state index contributed by atoms with van der Waals surface area (Å²) >= 11 is 1.70. The number of carbonyl (C=O) groups excluding carboxylic acids is 1. The van der Waals surface area contributed by atoms with E-state index in [0.29, 0.717) is 5.56 Å². The van der Waals surface area contributed by atoms with E-state index in [9.17, 15) is 4.79 Å². The van der Waals surface area contributed by atoms with Crippen LogP contribution in [0, 0.1) is 0 Å². The highest BCUT2D eigenvalue weighted by atomic mass is 32.2. The zero-order chi connectivity index (χ0) is 21.4. The Bertz CT molecular complexity index is 1040. The van der Waals surface area contributed by atoms with Crippen molar-refractivity contribution in [2.75, 3.05) is 50.0 Å². The fourth-order valence-electron chi connectivity index (χ4n) is 3.42. The zero-order valence-corrected chi connectivity index (χ0v) is 18.7. The summed E-state index contributed by atoms with van der Waals surface area (Å²) < 4.78 is 5.24. The van der Waals surface area contributed by atoms with Crippen molar-refractivity contribution in [2.24, 2.45) is 0 Å². The molecule has 0 saturated heterocycles. The summed E-state index contributed by atoms with van der Waals surface area (Å²) in [6.07, 6.45) is 0. The third kappa shape index (κ3) is 3.59. The highest BCUT2D eigenvalue weighted by molar-refractivity contribution is 7.99. The van der Waals surface area contributed by atoms with Crippen LogP contribution < -0.4 is 19.4 Å². The van der Waals surface area contributed by atoms with E-state index >= 15 is 0 Å². The van der Waals surface area contributed by atoms with Crippen LogP contribution >= 0.6 is 11.8 Å². The van der Waals surface area contributed by atoms with E-state index in [-0.39, 0.29) is 5.91 Å². The predicted octanol–water partition coefficient (Wildman–Crippen LogP) is 5.27. The molecule has 3 aromatic rings. The van der Waals surface area contributed by atoms with Gasteiger partial charge in [0, 0.05) is 54.9 Å². The fraction of sp³-hybridized carbons (Fsp3) is 0.208.